The first-order valence-electron chi connectivity index (χ1n) is 6.13. The molecule has 1 aromatic rings. The van der Waals surface area contributed by atoms with Crippen LogP contribution in [0, 0.1) is 0 Å². The van der Waals surface area contributed by atoms with Crippen LogP contribution >= 0.6 is 0 Å². The quantitative estimate of drug-likeness (QED) is 0.703. The fourth-order valence-electron chi connectivity index (χ4n) is 1.91. The lowest BCUT2D eigenvalue weighted by Crippen LogP contribution is -2.23. The number of hydrogen-bond donors (Lipinski definition) is 0. The molecule has 2 nitrogen and oxygen atoms in total. The molecule has 0 radical (unpaired) electrons. The summed E-state index contributed by atoms with van der Waals surface area (Å²) in [4.78, 5) is 0. The second-order valence-electron chi connectivity index (χ2n) is 4.40. The first-order valence-corrected chi connectivity index (χ1v) is 6.13. The van der Waals surface area contributed by atoms with Gasteiger partial charge in [-0.15, -0.1) is 0 Å². The number of ether oxygens (including phenoxy) is 2. The Balaban J connectivity index is 1.69. The van der Waals surface area contributed by atoms with Crippen LogP contribution in [0.3, 0.4) is 0 Å². The largest absolute Gasteiger partial charge is 0.353 e. The van der Waals surface area contributed by atoms with Crippen molar-refractivity contribution >= 4 is 13.3 Å². The topological polar surface area (TPSA) is 18.5 Å². The monoisotopic (exact) mass is 218 g/mol. The van der Waals surface area contributed by atoms with Crippen LogP contribution in [0.2, 0.25) is 0 Å². The van der Waals surface area contributed by atoms with Crippen molar-refractivity contribution in [1.82, 2.24) is 0 Å². The Morgan fingerprint density at radius 3 is 2.75 bits per heavy atom. The molecule has 1 unspecified atom stereocenters. The van der Waals surface area contributed by atoms with E-state index in [1.54, 1.807) is 0 Å². The zero-order valence-corrected chi connectivity index (χ0v) is 9.95. The van der Waals surface area contributed by atoms with Crippen LogP contribution in [0.1, 0.15) is 24.8 Å². The molecule has 0 N–H and O–H groups in total. The van der Waals surface area contributed by atoms with Crippen LogP contribution in [0.25, 0.3) is 0 Å². The minimum atomic E-state index is 0.0409. The molecule has 0 saturated carbocycles. The highest BCUT2D eigenvalue weighted by Gasteiger charge is 2.13. The van der Waals surface area contributed by atoms with Crippen LogP contribution in [0.15, 0.2) is 24.3 Å². The smallest absolute Gasteiger partial charge is 0.157 e. The van der Waals surface area contributed by atoms with Gasteiger partial charge in [0.1, 0.15) is 7.85 Å². The van der Waals surface area contributed by atoms with Crippen LogP contribution in [0.5, 0.6) is 0 Å². The molecule has 16 heavy (non-hydrogen) atoms. The van der Waals surface area contributed by atoms with Crippen molar-refractivity contribution in [3.63, 3.8) is 0 Å². The van der Waals surface area contributed by atoms with Gasteiger partial charge in [-0.2, -0.15) is 0 Å². The van der Waals surface area contributed by atoms with Crippen molar-refractivity contribution in [2.24, 2.45) is 0 Å². The van der Waals surface area contributed by atoms with E-state index in [0.29, 0.717) is 0 Å². The molecule has 0 bridgehead atoms. The van der Waals surface area contributed by atoms with E-state index in [2.05, 4.69) is 32.1 Å². The lowest BCUT2D eigenvalue weighted by Gasteiger charge is -2.22. The third-order valence-electron chi connectivity index (χ3n) is 2.95. The van der Waals surface area contributed by atoms with E-state index in [4.69, 9.17) is 9.47 Å². The number of hydrogen-bond acceptors (Lipinski definition) is 2. The lowest BCUT2D eigenvalue weighted by atomic mass is 9.95. The van der Waals surface area contributed by atoms with Gasteiger partial charge in [-0.25, -0.2) is 0 Å². The number of rotatable bonds is 4. The van der Waals surface area contributed by atoms with Gasteiger partial charge in [0.25, 0.3) is 0 Å². The Bertz CT molecular complexity index is 304. The van der Waals surface area contributed by atoms with Gasteiger partial charge < -0.3 is 9.47 Å². The lowest BCUT2D eigenvalue weighted by molar-refractivity contribution is -0.161. The predicted molar refractivity (Wildman–Crippen MR) is 67.9 cm³/mol. The van der Waals surface area contributed by atoms with Gasteiger partial charge in [0.15, 0.2) is 6.29 Å². The maximum atomic E-state index is 5.69. The van der Waals surface area contributed by atoms with Crippen molar-refractivity contribution < 1.29 is 9.47 Å². The van der Waals surface area contributed by atoms with E-state index in [0.717, 1.165) is 26.1 Å². The van der Waals surface area contributed by atoms with E-state index >= 15 is 0 Å². The molecule has 86 valence electrons. The molecule has 2 rings (SSSR count). The fourth-order valence-corrected chi connectivity index (χ4v) is 1.91. The van der Waals surface area contributed by atoms with Crippen LogP contribution < -0.4 is 5.46 Å². The standard InChI is InChI=1S/C13H19BO2/c14-12-6-4-11(5-7-12)8-10-16-13-3-1-2-9-15-13/h4-7,13H,1-3,8-10,14H2. The third-order valence-corrected chi connectivity index (χ3v) is 2.95. The fraction of sp³-hybridized carbons (Fsp3) is 0.538. The van der Waals surface area contributed by atoms with Crippen molar-refractivity contribution in [2.75, 3.05) is 13.2 Å². The molecule has 1 atom stereocenters. The van der Waals surface area contributed by atoms with Crippen LogP contribution in [-0.2, 0) is 15.9 Å². The summed E-state index contributed by atoms with van der Waals surface area (Å²) in [5.41, 5.74) is 2.64. The van der Waals surface area contributed by atoms with Gasteiger partial charge in [-0.3, -0.25) is 0 Å². The van der Waals surface area contributed by atoms with E-state index in [-0.39, 0.29) is 6.29 Å². The minimum Gasteiger partial charge on any atom is -0.353 e. The number of benzene rings is 1. The van der Waals surface area contributed by atoms with E-state index < -0.39 is 0 Å². The van der Waals surface area contributed by atoms with Gasteiger partial charge in [0.2, 0.25) is 0 Å². The highest BCUT2D eigenvalue weighted by Crippen LogP contribution is 2.13. The van der Waals surface area contributed by atoms with E-state index in [1.165, 1.54) is 23.9 Å². The summed E-state index contributed by atoms with van der Waals surface area (Å²) in [6.07, 6.45) is 4.47. The molecule has 1 aromatic carbocycles. The second-order valence-corrected chi connectivity index (χ2v) is 4.40. The van der Waals surface area contributed by atoms with Crippen LogP contribution in [-0.4, -0.2) is 27.4 Å². The van der Waals surface area contributed by atoms with Gasteiger partial charge in [-0.05, 0) is 31.2 Å². The Hall–Kier alpha value is -0.795. The molecular weight excluding hydrogens is 199 g/mol. The van der Waals surface area contributed by atoms with E-state index in [1.807, 2.05) is 0 Å². The average molecular weight is 218 g/mol. The van der Waals surface area contributed by atoms with Gasteiger partial charge in [-0.1, -0.05) is 29.7 Å². The Morgan fingerprint density at radius 1 is 1.25 bits per heavy atom. The van der Waals surface area contributed by atoms with Gasteiger partial charge in [0, 0.05) is 6.61 Å². The summed E-state index contributed by atoms with van der Waals surface area (Å²) in [5.74, 6) is 0. The summed E-state index contributed by atoms with van der Waals surface area (Å²) in [6.45, 7) is 1.61. The van der Waals surface area contributed by atoms with E-state index in [9.17, 15) is 0 Å². The molecule has 0 aliphatic carbocycles. The summed E-state index contributed by atoms with van der Waals surface area (Å²) in [6, 6.07) is 8.62. The SMILES string of the molecule is Bc1ccc(CCOC2CCCCO2)cc1. The molecule has 1 aliphatic rings. The highest BCUT2D eigenvalue weighted by atomic mass is 16.7. The first kappa shape index (κ1) is 11.7. The summed E-state index contributed by atoms with van der Waals surface area (Å²) >= 11 is 0. The second kappa shape index (κ2) is 6.07. The zero-order chi connectivity index (χ0) is 11.2. The Kier molecular flexibility index (Phi) is 4.43. The molecule has 1 fully saturated rings. The zero-order valence-electron chi connectivity index (χ0n) is 9.95. The maximum Gasteiger partial charge on any atom is 0.157 e. The summed E-state index contributed by atoms with van der Waals surface area (Å²) < 4.78 is 11.2. The summed E-state index contributed by atoms with van der Waals surface area (Å²) in [7, 11) is 2.11. The third kappa shape index (κ3) is 3.65. The van der Waals surface area contributed by atoms with Crippen molar-refractivity contribution in [3.05, 3.63) is 29.8 Å². The first-order chi connectivity index (χ1) is 7.84. The Morgan fingerprint density at radius 2 is 2.06 bits per heavy atom. The van der Waals surface area contributed by atoms with Crippen molar-refractivity contribution in [1.29, 1.82) is 0 Å². The molecule has 0 aromatic heterocycles. The average Bonchev–Trinajstić information content (AvgIpc) is 2.33. The molecular formula is C13H19BO2. The van der Waals surface area contributed by atoms with Crippen molar-refractivity contribution in [2.45, 2.75) is 32.0 Å². The highest BCUT2D eigenvalue weighted by molar-refractivity contribution is 6.32. The Labute approximate surface area is 98.4 Å². The van der Waals surface area contributed by atoms with Crippen LogP contribution in [0.4, 0.5) is 0 Å². The summed E-state index contributed by atoms with van der Waals surface area (Å²) in [5, 5.41) is 0. The predicted octanol–water partition coefficient (Wildman–Crippen LogP) is 1.03. The molecule has 1 aliphatic heterocycles. The molecule has 0 spiro atoms. The molecule has 3 heteroatoms. The van der Waals surface area contributed by atoms with Crippen molar-refractivity contribution in [3.8, 4) is 0 Å². The molecule has 1 heterocycles. The normalized spacial score (nSPS) is 20.9. The molecule has 1 saturated heterocycles. The molecule has 0 amide bonds. The maximum absolute atomic E-state index is 5.69. The minimum absolute atomic E-state index is 0.0409. The van der Waals surface area contributed by atoms with Gasteiger partial charge >= 0.3 is 0 Å². The van der Waals surface area contributed by atoms with Gasteiger partial charge in [0.05, 0.1) is 6.61 Å².